The Morgan fingerprint density at radius 3 is 2.80 bits per heavy atom. The van der Waals surface area contributed by atoms with Crippen LogP contribution in [0, 0.1) is 5.82 Å². The van der Waals surface area contributed by atoms with Gasteiger partial charge in [0.05, 0.1) is 0 Å². The molecular weight excluding hydrogens is 189 g/mol. The molecule has 15 heavy (non-hydrogen) atoms. The molecule has 0 radical (unpaired) electrons. The highest BCUT2D eigenvalue weighted by Crippen LogP contribution is 2.37. The first-order valence-electron chi connectivity index (χ1n) is 5.55. The van der Waals surface area contributed by atoms with Crippen LogP contribution >= 0.6 is 0 Å². The Morgan fingerprint density at radius 2 is 2.13 bits per heavy atom. The van der Waals surface area contributed by atoms with Crippen molar-refractivity contribution < 1.29 is 4.39 Å². The van der Waals surface area contributed by atoms with Gasteiger partial charge in [-0.05, 0) is 56.4 Å². The molecule has 0 saturated heterocycles. The van der Waals surface area contributed by atoms with Crippen LogP contribution in [0.3, 0.4) is 0 Å². The van der Waals surface area contributed by atoms with Gasteiger partial charge < -0.3 is 5.73 Å². The first-order valence-corrected chi connectivity index (χ1v) is 5.55. The Hall–Kier alpha value is -0.890. The number of rotatable bonds is 1. The molecule has 1 aromatic rings. The van der Waals surface area contributed by atoms with Crippen LogP contribution in [-0.4, -0.2) is 5.54 Å². The third-order valence-electron chi connectivity index (χ3n) is 3.32. The van der Waals surface area contributed by atoms with E-state index in [-0.39, 0.29) is 11.4 Å². The molecule has 2 N–H and O–H groups in total. The molecule has 2 heteroatoms. The summed E-state index contributed by atoms with van der Waals surface area (Å²) in [6.45, 7) is 4.10. The minimum absolute atomic E-state index is 0.135. The molecule has 1 aliphatic carbocycles. The summed E-state index contributed by atoms with van der Waals surface area (Å²) in [5, 5.41) is 0. The maximum atomic E-state index is 13.1. The molecule has 1 unspecified atom stereocenters. The van der Waals surface area contributed by atoms with Crippen molar-refractivity contribution >= 4 is 0 Å². The van der Waals surface area contributed by atoms with Gasteiger partial charge in [0.1, 0.15) is 5.82 Å². The Bertz CT molecular complexity index is 365. The van der Waals surface area contributed by atoms with Gasteiger partial charge in [0.15, 0.2) is 0 Å². The molecule has 0 heterocycles. The minimum atomic E-state index is -0.215. The summed E-state index contributed by atoms with van der Waals surface area (Å²) in [4.78, 5) is 0. The van der Waals surface area contributed by atoms with Crippen molar-refractivity contribution in [1.29, 1.82) is 0 Å². The van der Waals surface area contributed by atoms with Gasteiger partial charge in [0, 0.05) is 11.5 Å². The second kappa shape index (κ2) is 3.60. The SMILES string of the molecule is CC(C)(N)C1CCCc2cc(F)ccc21. The molecule has 0 aliphatic heterocycles. The van der Waals surface area contributed by atoms with E-state index in [1.165, 1.54) is 5.56 Å². The maximum absolute atomic E-state index is 13.1. The number of aryl methyl sites for hydroxylation is 1. The number of halogens is 1. The molecule has 0 spiro atoms. The lowest BCUT2D eigenvalue weighted by atomic mass is 9.73. The molecule has 2 rings (SSSR count). The summed E-state index contributed by atoms with van der Waals surface area (Å²) < 4.78 is 13.1. The first kappa shape index (κ1) is 10.6. The number of hydrogen-bond donors (Lipinski definition) is 1. The van der Waals surface area contributed by atoms with Gasteiger partial charge in [-0.3, -0.25) is 0 Å². The lowest BCUT2D eigenvalue weighted by Crippen LogP contribution is -2.40. The molecular formula is C13H18FN. The van der Waals surface area contributed by atoms with Crippen LogP contribution < -0.4 is 5.73 Å². The van der Waals surface area contributed by atoms with E-state index < -0.39 is 0 Å². The number of benzene rings is 1. The standard InChI is InChI=1S/C13H18FN/c1-13(2,15)12-5-3-4-9-8-10(14)6-7-11(9)12/h6-8,12H,3-5,15H2,1-2H3. The normalized spacial score (nSPS) is 21.2. The summed E-state index contributed by atoms with van der Waals surface area (Å²) in [6, 6.07) is 5.11. The summed E-state index contributed by atoms with van der Waals surface area (Å²) in [7, 11) is 0. The fourth-order valence-electron chi connectivity index (χ4n) is 2.56. The van der Waals surface area contributed by atoms with Crippen LogP contribution in [0.4, 0.5) is 4.39 Å². The Labute approximate surface area is 90.5 Å². The number of nitrogens with two attached hydrogens (primary N) is 1. The van der Waals surface area contributed by atoms with Crippen molar-refractivity contribution in [2.45, 2.75) is 44.6 Å². The molecule has 1 atom stereocenters. The molecule has 0 bridgehead atoms. The first-order chi connectivity index (χ1) is 6.98. The van der Waals surface area contributed by atoms with E-state index in [0.29, 0.717) is 5.92 Å². The number of fused-ring (bicyclic) bond motifs is 1. The van der Waals surface area contributed by atoms with E-state index in [2.05, 4.69) is 13.8 Å². The predicted octanol–water partition coefficient (Wildman–Crippen LogP) is 2.98. The van der Waals surface area contributed by atoms with E-state index in [1.54, 1.807) is 12.1 Å². The fourth-order valence-corrected chi connectivity index (χ4v) is 2.56. The largest absolute Gasteiger partial charge is 0.325 e. The van der Waals surface area contributed by atoms with Crippen LogP contribution in [0.25, 0.3) is 0 Å². The zero-order valence-corrected chi connectivity index (χ0v) is 9.39. The maximum Gasteiger partial charge on any atom is 0.123 e. The van der Waals surface area contributed by atoms with E-state index in [9.17, 15) is 4.39 Å². The van der Waals surface area contributed by atoms with Gasteiger partial charge in [0.2, 0.25) is 0 Å². The average Bonchev–Trinajstić information content (AvgIpc) is 2.15. The second-order valence-electron chi connectivity index (χ2n) is 5.11. The molecule has 1 aromatic carbocycles. The van der Waals surface area contributed by atoms with E-state index in [0.717, 1.165) is 24.8 Å². The Kier molecular flexibility index (Phi) is 2.55. The lowest BCUT2D eigenvalue weighted by molar-refractivity contribution is 0.367. The van der Waals surface area contributed by atoms with Gasteiger partial charge in [-0.15, -0.1) is 0 Å². The molecule has 0 saturated carbocycles. The fraction of sp³-hybridized carbons (Fsp3) is 0.538. The zero-order chi connectivity index (χ0) is 11.1. The number of hydrogen-bond acceptors (Lipinski definition) is 1. The molecule has 0 aromatic heterocycles. The van der Waals surface area contributed by atoms with Crippen LogP contribution in [0.5, 0.6) is 0 Å². The predicted molar refractivity (Wildman–Crippen MR) is 60.3 cm³/mol. The van der Waals surface area contributed by atoms with Crippen molar-refractivity contribution in [3.8, 4) is 0 Å². The van der Waals surface area contributed by atoms with Crippen LogP contribution in [0.1, 0.15) is 43.7 Å². The molecule has 0 amide bonds. The molecule has 1 aliphatic rings. The third kappa shape index (κ3) is 2.05. The van der Waals surface area contributed by atoms with Crippen molar-refractivity contribution in [3.63, 3.8) is 0 Å². The van der Waals surface area contributed by atoms with Gasteiger partial charge >= 0.3 is 0 Å². The zero-order valence-electron chi connectivity index (χ0n) is 9.39. The molecule has 0 fully saturated rings. The highest BCUT2D eigenvalue weighted by molar-refractivity contribution is 5.35. The average molecular weight is 207 g/mol. The quantitative estimate of drug-likeness (QED) is 0.752. The van der Waals surface area contributed by atoms with E-state index in [4.69, 9.17) is 5.73 Å². The topological polar surface area (TPSA) is 26.0 Å². The van der Waals surface area contributed by atoms with Gasteiger partial charge in [-0.25, -0.2) is 4.39 Å². The second-order valence-corrected chi connectivity index (χ2v) is 5.11. The highest BCUT2D eigenvalue weighted by atomic mass is 19.1. The summed E-state index contributed by atoms with van der Waals surface area (Å²) in [6.07, 6.45) is 3.21. The summed E-state index contributed by atoms with van der Waals surface area (Å²) in [5.74, 6) is 0.228. The van der Waals surface area contributed by atoms with Crippen molar-refractivity contribution in [1.82, 2.24) is 0 Å². The minimum Gasteiger partial charge on any atom is -0.325 e. The van der Waals surface area contributed by atoms with Gasteiger partial charge in [0.25, 0.3) is 0 Å². The lowest BCUT2D eigenvalue weighted by Gasteiger charge is -2.35. The Balaban J connectivity index is 2.43. The van der Waals surface area contributed by atoms with Crippen molar-refractivity contribution in [3.05, 3.63) is 35.1 Å². The van der Waals surface area contributed by atoms with E-state index in [1.807, 2.05) is 6.07 Å². The monoisotopic (exact) mass is 207 g/mol. The smallest absolute Gasteiger partial charge is 0.123 e. The van der Waals surface area contributed by atoms with Crippen molar-refractivity contribution in [2.24, 2.45) is 5.73 Å². The molecule has 82 valence electrons. The van der Waals surface area contributed by atoms with Crippen LogP contribution in [0.15, 0.2) is 18.2 Å². The third-order valence-corrected chi connectivity index (χ3v) is 3.32. The van der Waals surface area contributed by atoms with Crippen LogP contribution in [-0.2, 0) is 6.42 Å². The Morgan fingerprint density at radius 1 is 1.40 bits per heavy atom. The summed E-state index contributed by atoms with van der Waals surface area (Å²) >= 11 is 0. The highest BCUT2D eigenvalue weighted by Gasteiger charge is 2.30. The van der Waals surface area contributed by atoms with Gasteiger partial charge in [-0.2, -0.15) is 0 Å². The van der Waals surface area contributed by atoms with E-state index >= 15 is 0 Å². The van der Waals surface area contributed by atoms with Gasteiger partial charge in [-0.1, -0.05) is 6.07 Å². The summed E-state index contributed by atoms with van der Waals surface area (Å²) in [5.41, 5.74) is 8.34. The van der Waals surface area contributed by atoms with Crippen molar-refractivity contribution in [2.75, 3.05) is 0 Å². The molecule has 1 nitrogen and oxygen atoms in total. The van der Waals surface area contributed by atoms with Crippen LogP contribution in [0.2, 0.25) is 0 Å².